The van der Waals surface area contributed by atoms with Crippen molar-refractivity contribution in [2.24, 2.45) is 17.8 Å². The molecule has 0 aromatic rings. The molecule has 1 N–H and O–H groups in total. The summed E-state index contributed by atoms with van der Waals surface area (Å²) in [7, 11) is 0. The number of hydrogen-bond acceptors (Lipinski definition) is 3. The molecule has 0 aromatic heterocycles. The number of carbonyl (C=O) groups is 2. The highest BCUT2D eigenvalue weighted by molar-refractivity contribution is 5.93. The molecule has 2 fully saturated rings. The minimum absolute atomic E-state index is 0.0273. The molecule has 2 saturated carbocycles. The summed E-state index contributed by atoms with van der Waals surface area (Å²) < 4.78 is 5.37. The van der Waals surface area contributed by atoms with Crippen LogP contribution in [0.4, 0.5) is 0 Å². The standard InChI is InChI=1S/C11H14O4/c1-2-3-15-10-6-4-7(9(10)12)8(5-6)11(13)14/h2,6-8,10H,1,3-5H2,(H,13,14)/t6-,7+,8-,10-/m0/s1. The maximum Gasteiger partial charge on any atom is 0.307 e. The topological polar surface area (TPSA) is 63.6 Å². The van der Waals surface area contributed by atoms with E-state index in [0.29, 0.717) is 19.4 Å². The molecular formula is C11H14O4. The number of fused-ring (bicyclic) bond motifs is 2. The molecule has 4 atom stereocenters. The van der Waals surface area contributed by atoms with Crippen molar-refractivity contribution in [3.8, 4) is 0 Å². The lowest BCUT2D eigenvalue weighted by Crippen LogP contribution is -2.37. The van der Waals surface area contributed by atoms with Crippen LogP contribution in [0.2, 0.25) is 0 Å². The fourth-order valence-corrected chi connectivity index (χ4v) is 2.74. The molecule has 2 bridgehead atoms. The van der Waals surface area contributed by atoms with Gasteiger partial charge >= 0.3 is 5.97 Å². The summed E-state index contributed by atoms with van der Waals surface area (Å²) in [6.07, 6.45) is 2.47. The zero-order valence-corrected chi connectivity index (χ0v) is 8.39. The molecular weight excluding hydrogens is 196 g/mol. The molecule has 2 aliphatic carbocycles. The molecule has 82 valence electrons. The van der Waals surface area contributed by atoms with Crippen molar-refractivity contribution >= 4 is 11.8 Å². The number of aliphatic carboxylic acids is 1. The van der Waals surface area contributed by atoms with Crippen LogP contribution in [-0.2, 0) is 14.3 Å². The van der Waals surface area contributed by atoms with Crippen LogP contribution >= 0.6 is 0 Å². The predicted molar refractivity (Wildman–Crippen MR) is 52.3 cm³/mol. The first-order valence-electron chi connectivity index (χ1n) is 5.14. The second-order valence-corrected chi connectivity index (χ2v) is 4.23. The Morgan fingerprint density at radius 2 is 2.33 bits per heavy atom. The lowest BCUT2D eigenvalue weighted by Gasteiger charge is -2.24. The van der Waals surface area contributed by atoms with Gasteiger partial charge in [-0.3, -0.25) is 9.59 Å². The van der Waals surface area contributed by atoms with E-state index in [1.54, 1.807) is 6.08 Å². The molecule has 0 radical (unpaired) electrons. The van der Waals surface area contributed by atoms with E-state index in [9.17, 15) is 9.59 Å². The number of ether oxygens (including phenoxy) is 1. The average molecular weight is 210 g/mol. The summed E-state index contributed by atoms with van der Waals surface area (Å²) in [6.45, 7) is 3.88. The van der Waals surface area contributed by atoms with Gasteiger partial charge in [0.05, 0.1) is 12.5 Å². The van der Waals surface area contributed by atoms with Crippen LogP contribution in [-0.4, -0.2) is 29.6 Å². The summed E-state index contributed by atoms with van der Waals surface area (Å²) >= 11 is 0. The molecule has 2 aliphatic rings. The fraction of sp³-hybridized carbons (Fsp3) is 0.636. The van der Waals surface area contributed by atoms with Gasteiger partial charge < -0.3 is 9.84 Å². The highest BCUT2D eigenvalue weighted by Gasteiger charge is 2.55. The maximum atomic E-state index is 11.8. The number of ketones is 1. The number of carboxylic acids is 1. The van der Waals surface area contributed by atoms with Crippen LogP contribution < -0.4 is 0 Å². The minimum Gasteiger partial charge on any atom is -0.481 e. The van der Waals surface area contributed by atoms with Crippen molar-refractivity contribution in [3.05, 3.63) is 12.7 Å². The summed E-state index contributed by atoms with van der Waals surface area (Å²) in [6, 6.07) is 0. The monoisotopic (exact) mass is 210 g/mol. The van der Waals surface area contributed by atoms with Crippen LogP contribution in [0, 0.1) is 17.8 Å². The number of hydrogen-bond donors (Lipinski definition) is 1. The lowest BCUT2D eigenvalue weighted by atomic mass is 9.86. The Bertz CT molecular complexity index is 310. The van der Waals surface area contributed by atoms with Crippen LogP contribution in [0.5, 0.6) is 0 Å². The van der Waals surface area contributed by atoms with Gasteiger partial charge in [-0.25, -0.2) is 0 Å². The first kappa shape index (κ1) is 10.4. The van der Waals surface area contributed by atoms with Gasteiger partial charge in [0, 0.05) is 5.92 Å². The van der Waals surface area contributed by atoms with Crippen molar-refractivity contribution in [1.29, 1.82) is 0 Å². The van der Waals surface area contributed by atoms with Crippen LogP contribution in [0.1, 0.15) is 12.8 Å². The highest BCUT2D eigenvalue weighted by atomic mass is 16.5. The van der Waals surface area contributed by atoms with E-state index >= 15 is 0 Å². The lowest BCUT2D eigenvalue weighted by molar-refractivity contribution is -0.150. The molecule has 0 aliphatic heterocycles. The van der Waals surface area contributed by atoms with Crippen LogP contribution in [0.15, 0.2) is 12.7 Å². The van der Waals surface area contributed by atoms with Crippen molar-refractivity contribution < 1.29 is 19.4 Å². The third kappa shape index (κ3) is 1.59. The van der Waals surface area contributed by atoms with Gasteiger partial charge in [-0.2, -0.15) is 0 Å². The molecule has 4 heteroatoms. The van der Waals surface area contributed by atoms with Gasteiger partial charge in [0.25, 0.3) is 0 Å². The van der Waals surface area contributed by atoms with Gasteiger partial charge in [0.15, 0.2) is 5.78 Å². The van der Waals surface area contributed by atoms with Gasteiger partial charge in [-0.05, 0) is 18.8 Å². The second kappa shape index (κ2) is 3.77. The zero-order valence-electron chi connectivity index (χ0n) is 8.39. The van der Waals surface area contributed by atoms with Crippen LogP contribution in [0.25, 0.3) is 0 Å². The maximum absolute atomic E-state index is 11.8. The number of carboxylic acid groups (broad SMARTS) is 1. The summed E-state index contributed by atoms with van der Waals surface area (Å²) in [5, 5.41) is 8.91. The van der Waals surface area contributed by atoms with E-state index in [0.717, 1.165) is 0 Å². The summed E-state index contributed by atoms with van der Waals surface area (Å²) in [5.41, 5.74) is 0. The Balaban J connectivity index is 2.04. The van der Waals surface area contributed by atoms with Crippen molar-refractivity contribution in [2.45, 2.75) is 18.9 Å². The molecule has 0 amide bonds. The Morgan fingerprint density at radius 3 is 2.87 bits per heavy atom. The van der Waals surface area contributed by atoms with E-state index in [1.807, 2.05) is 0 Å². The molecule has 15 heavy (non-hydrogen) atoms. The average Bonchev–Trinajstić information content (AvgIpc) is 2.73. The molecule has 0 heterocycles. The Morgan fingerprint density at radius 1 is 1.60 bits per heavy atom. The normalized spacial score (nSPS) is 38.3. The van der Waals surface area contributed by atoms with E-state index in [4.69, 9.17) is 9.84 Å². The summed E-state index contributed by atoms with van der Waals surface area (Å²) in [4.78, 5) is 22.6. The zero-order chi connectivity index (χ0) is 11.0. The van der Waals surface area contributed by atoms with E-state index in [1.165, 1.54) is 0 Å². The molecule has 0 unspecified atom stereocenters. The van der Waals surface area contributed by atoms with E-state index in [2.05, 4.69) is 6.58 Å². The Hall–Kier alpha value is -1.16. The Labute approximate surface area is 87.9 Å². The van der Waals surface area contributed by atoms with Gasteiger partial charge in [-0.15, -0.1) is 6.58 Å². The third-order valence-electron chi connectivity index (χ3n) is 3.38. The molecule has 0 saturated heterocycles. The largest absolute Gasteiger partial charge is 0.481 e. The minimum atomic E-state index is -0.849. The molecule has 0 aromatic carbocycles. The quantitative estimate of drug-likeness (QED) is 0.699. The number of carbonyl (C=O) groups excluding carboxylic acids is 1. The molecule has 4 nitrogen and oxygen atoms in total. The smallest absolute Gasteiger partial charge is 0.307 e. The highest BCUT2D eigenvalue weighted by Crippen LogP contribution is 2.47. The second-order valence-electron chi connectivity index (χ2n) is 4.23. The summed E-state index contributed by atoms with van der Waals surface area (Å²) in [5.74, 6) is -1.57. The van der Waals surface area contributed by atoms with Gasteiger partial charge in [-0.1, -0.05) is 6.08 Å². The number of Topliss-reactive ketones (excluding diaryl/α,β-unsaturated/α-hetero) is 1. The van der Waals surface area contributed by atoms with Crippen molar-refractivity contribution in [3.63, 3.8) is 0 Å². The number of rotatable bonds is 4. The SMILES string of the molecule is C=CCO[C@@H]1C(=O)[C@@H]2C[C@H]1C[C@@H]2C(=O)O. The molecule has 2 rings (SSSR count). The third-order valence-corrected chi connectivity index (χ3v) is 3.38. The van der Waals surface area contributed by atoms with Gasteiger partial charge in [0.1, 0.15) is 6.10 Å². The van der Waals surface area contributed by atoms with Crippen molar-refractivity contribution in [2.75, 3.05) is 6.61 Å². The first-order valence-corrected chi connectivity index (χ1v) is 5.14. The van der Waals surface area contributed by atoms with E-state index in [-0.39, 0.29) is 23.7 Å². The Kier molecular flexibility index (Phi) is 2.61. The van der Waals surface area contributed by atoms with Crippen LogP contribution in [0.3, 0.4) is 0 Å². The van der Waals surface area contributed by atoms with Crippen molar-refractivity contribution in [1.82, 2.24) is 0 Å². The fourth-order valence-electron chi connectivity index (χ4n) is 2.74. The first-order chi connectivity index (χ1) is 7.15. The predicted octanol–water partition coefficient (Wildman–Crippen LogP) is 0.867. The molecule has 0 spiro atoms. The van der Waals surface area contributed by atoms with E-state index < -0.39 is 11.9 Å². The van der Waals surface area contributed by atoms with Gasteiger partial charge in [0.2, 0.25) is 0 Å².